The van der Waals surface area contributed by atoms with Gasteiger partial charge in [-0.1, -0.05) is 0 Å². The van der Waals surface area contributed by atoms with Gasteiger partial charge in [0.1, 0.15) is 6.61 Å². The lowest BCUT2D eigenvalue weighted by atomic mass is 10.1. The van der Waals surface area contributed by atoms with Gasteiger partial charge in [-0.3, -0.25) is 19.3 Å². The Hall–Kier alpha value is -2.89. The molecule has 5 N–H and O–H groups in total. The van der Waals surface area contributed by atoms with E-state index < -0.39 is 18.0 Å². The van der Waals surface area contributed by atoms with Crippen molar-refractivity contribution in [3.8, 4) is 11.5 Å². The molecule has 0 aliphatic carbocycles. The van der Waals surface area contributed by atoms with Gasteiger partial charge in [0.2, 0.25) is 0 Å². The number of carbonyl (C=O) groups excluding carboxylic acids is 1. The number of aliphatic hydroxyl groups is 1. The summed E-state index contributed by atoms with van der Waals surface area (Å²) < 4.78 is 10.8. The number of nitrogens with zero attached hydrogens (tertiary/aromatic N) is 2. The second-order valence-corrected chi connectivity index (χ2v) is 7.63. The summed E-state index contributed by atoms with van der Waals surface area (Å²) in [6, 6.07) is 5.18. The van der Waals surface area contributed by atoms with E-state index in [1.807, 2.05) is 0 Å². The van der Waals surface area contributed by atoms with E-state index in [-0.39, 0.29) is 11.9 Å². The minimum atomic E-state index is -0.833. The van der Waals surface area contributed by atoms with Crippen molar-refractivity contribution in [2.45, 2.75) is 38.8 Å². The molecule has 2 atom stereocenters. The van der Waals surface area contributed by atoms with E-state index in [1.165, 1.54) is 12.8 Å². The number of aliphatic carboxylic acids is 2. The molecule has 11 heteroatoms. The first-order chi connectivity index (χ1) is 15.6. The average molecular weight is 470 g/mol. The maximum absolute atomic E-state index is 12.8. The van der Waals surface area contributed by atoms with Crippen molar-refractivity contribution >= 4 is 17.8 Å². The number of carbonyl (C=O) groups is 3. The molecular formula is C22H35N3O8. The van der Waals surface area contributed by atoms with E-state index in [0.717, 1.165) is 26.9 Å². The molecule has 1 aromatic rings. The van der Waals surface area contributed by atoms with Crippen LogP contribution < -0.4 is 15.2 Å². The number of methoxy groups -OCH3 is 1. The van der Waals surface area contributed by atoms with Gasteiger partial charge in [0.05, 0.1) is 19.3 Å². The van der Waals surface area contributed by atoms with Crippen LogP contribution in [0.2, 0.25) is 0 Å². The molecule has 2 fully saturated rings. The Bertz CT molecular complexity index is 763. The zero-order valence-electron chi connectivity index (χ0n) is 19.4. The van der Waals surface area contributed by atoms with Gasteiger partial charge in [-0.15, -0.1) is 0 Å². The Morgan fingerprint density at radius 2 is 1.64 bits per heavy atom. The Labute approximate surface area is 193 Å². The van der Waals surface area contributed by atoms with Gasteiger partial charge in [-0.2, -0.15) is 0 Å². The van der Waals surface area contributed by atoms with E-state index in [0.29, 0.717) is 43.3 Å². The van der Waals surface area contributed by atoms with Crippen LogP contribution in [-0.2, 0) is 9.59 Å². The summed E-state index contributed by atoms with van der Waals surface area (Å²) in [5.74, 6) is -0.680. The van der Waals surface area contributed by atoms with Crippen LogP contribution in [0.4, 0.5) is 0 Å². The summed E-state index contributed by atoms with van der Waals surface area (Å²) in [4.78, 5) is 34.8. The molecule has 2 saturated heterocycles. The number of benzene rings is 1. The van der Waals surface area contributed by atoms with Crippen molar-refractivity contribution < 1.29 is 39.2 Å². The maximum atomic E-state index is 12.8. The second kappa shape index (κ2) is 14.3. The summed E-state index contributed by atoms with van der Waals surface area (Å²) in [7, 11) is 1.54. The molecule has 1 aromatic carbocycles. The van der Waals surface area contributed by atoms with Crippen molar-refractivity contribution in [3.63, 3.8) is 0 Å². The minimum absolute atomic E-state index is 0.0421. The van der Waals surface area contributed by atoms with E-state index in [9.17, 15) is 9.90 Å². The number of hydrogen-bond donors (Lipinski definition) is 4. The maximum Gasteiger partial charge on any atom is 0.300 e. The Morgan fingerprint density at radius 1 is 1.06 bits per heavy atom. The van der Waals surface area contributed by atoms with Crippen molar-refractivity contribution in [2.75, 3.05) is 46.4 Å². The third kappa shape index (κ3) is 9.64. The zero-order valence-corrected chi connectivity index (χ0v) is 19.4. The lowest BCUT2D eigenvalue weighted by Gasteiger charge is -2.25. The fraction of sp³-hybridized carbons (Fsp3) is 0.591. The number of ether oxygens (including phenoxy) is 2. The highest BCUT2D eigenvalue weighted by molar-refractivity contribution is 5.95. The van der Waals surface area contributed by atoms with E-state index in [1.54, 1.807) is 30.2 Å². The number of β-amino-alcohol motifs (C(OH)–C–C–N with tert-alkyl or cyclic N) is 1. The van der Waals surface area contributed by atoms with Gasteiger partial charge < -0.3 is 35.4 Å². The summed E-state index contributed by atoms with van der Waals surface area (Å²) in [5.41, 5.74) is 5.99. The lowest BCUT2D eigenvalue weighted by molar-refractivity contribution is -0.135. The molecule has 0 aromatic heterocycles. The van der Waals surface area contributed by atoms with Crippen LogP contribution in [0.25, 0.3) is 0 Å². The molecule has 2 heterocycles. The summed E-state index contributed by atoms with van der Waals surface area (Å²) in [5, 5.41) is 25.2. The van der Waals surface area contributed by atoms with Crippen molar-refractivity contribution in [1.29, 1.82) is 0 Å². The lowest BCUT2D eigenvalue weighted by Crippen LogP contribution is -2.41. The monoisotopic (exact) mass is 469 g/mol. The van der Waals surface area contributed by atoms with Crippen LogP contribution >= 0.6 is 0 Å². The Balaban J connectivity index is 0.000000591. The fourth-order valence-corrected chi connectivity index (χ4v) is 3.64. The average Bonchev–Trinajstić information content (AvgIpc) is 3.40. The van der Waals surface area contributed by atoms with Gasteiger partial charge in [-0.05, 0) is 44.1 Å². The molecule has 186 valence electrons. The summed E-state index contributed by atoms with van der Waals surface area (Å²) in [6.45, 7) is 5.91. The van der Waals surface area contributed by atoms with E-state index >= 15 is 0 Å². The molecule has 0 radical (unpaired) electrons. The number of carboxylic acids is 2. The molecule has 0 unspecified atom stereocenters. The molecule has 11 nitrogen and oxygen atoms in total. The smallest absolute Gasteiger partial charge is 0.300 e. The highest BCUT2D eigenvalue weighted by Gasteiger charge is 2.38. The Morgan fingerprint density at radius 3 is 2.15 bits per heavy atom. The summed E-state index contributed by atoms with van der Waals surface area (Å²) >= 11 is 0. The van der Waals surface area contributed by atoms with Crippen LogP contribution in [0.3, 0.4) is 0 Å². The molecule has 3 rings (SSSR count). The number of rotatable bonds is 6. The van der Waals surface area contributed by atoms with Crippen LogP contribution in [0.5, 0.6) is 11.5 Å². The quantitative estimate of drug-likeness (QED) is 0.461. The molecule has 0 bridgehead atoms. The normalized spacial score (nSPS) is 19.6. The van der Waals surface area contributed by atoms with E-state index in [4.69, 9.17) is 35.0 Å². The predicted molar refractivity (Wildman–Crippen MR) is 121 cm³/mol. The largest absolute Gasteiger partial charge is 0.493 e. The number of carboxylic acid groups (broad SMARTS) is 2. The van der Waals surface area contributed by atoms with E-state index in [2.05, 4.69) is 4.90 Å². The standard InChI is InChI=1S/C18H27N3O4.2C2H4O2/c1-24-17-10-13(4-5-16(17)25-9-6-19)18(23)21-11-14(15(22)12-21)20-7-2-3-8-20;2*1-2(3)4/h4-5,10,14-15,22H,2-3,6-9,11-12,19H2,1H3;2*1H3,(H,3,4)/t14-,15-;;/m0../s1. The SMILES string of the molecule is CC(=O)O.CC(=O)O.COc1cc(C(=O)N2C[C@H](O)[C@@H](N3CCCC3)C2)ccc1OCCN. The fourth-order valence-electron chi connectivity index (χ4n) is 3.64. The number of aliphatic hydroxyl groups excluding tert-OH is 1. The summed E-state index contributed by atoms with van der Waals surface area (Å²) in [6.07, 6.45) is 1.84. The molecule has 0 spiro atoms. The molecular weight excluding hydrogens is 434 g/mol. The molecule has 0 saturated carbocycles. The minimum Gasteiger partial charge on any atom is -0.493 e. The zero-order chi connectivity index (χ0) is 25.0. The van der Waals surface area contributed by atoms with Gasteiger partial charge in [0.25, 0.3) is 17.8 Å². The topological polar surface area (TPSA) is 163 Å². The van der Waals surface area contributed by atoms with Crippen LogP contribution in [0, 0.1) is 0 Å². The number of likely N-dealkylation sites (tertiary alicyclic amines) is 2. The van der Waals surface area contributed by atoms with Gasteiger partial charge in [-0.25, -0.2) is 0 Å². The number of nitrogens with two attached hydrogens (primary N) is 1. The Kier molecular flexibility index (Phi) is 12.2. The van der Waals surface area contributed by atoms with Gasteiger partial charge >= 0.3 is 0 Å². The van der Waals surface area contributed by atoms with Gasteiger partial charge in [0.15, 0.2) is 11.5 Å². The first kappa shape index (κ1) is 28.1. The van der Waals surface area contributed by atoms with Crippen LogP contribution in [-0.4, -0.2) is 102 Å². The van der Waals surface area contributed by atoms with Gasteiger partial charge in [0, 0.05) is 39.0 Å². The van der Waals surface area contributed by atoms with Crippen LogP contribution in [0.15, 0.2) is 18.2 Å². The van der Waals surface area contributed by atoms with Crippen molar-refractivity contribution in [3.05, 3.63) is 23.8 Å². The highest BCUT2D eigenvalue weighted by atomic mass is 16.5. The number of hydrogen-bond acceptors (Lipinski definition) is 8. The highest BCUT2D eigenvalue weighted by Crippen LogP contribution is 2.29. The molecule has 2 aliphatic rings. The van der Waals surface area contributed by atoms with Crippen molar-refractivity contribution in [2.24, 2.45) is 5.73 Å². The third-order valence-corrected chi connectivity index (χ3v) is 4.94. The first-order valence-corrected chi connectivity index (χ1v) is 10.7. The molecule has 1 amide bonds. The molecule has 33 heavy (non-hydrogen) atoms. The predicted octanol–water partition coefficient (Wildman–Crippen LogP) is 0.496. The van der Waals surface area contributed by atoms with Crippen LogP contribution in [0.1, 0.15) is 37.0 Å². The first-order valence-electron chi connectivity index (χ1n) is 10.7. The van der Waals surface area contributed by atoms with Crippen molar-refractivity contribution in [1.82, 2.24) is 9.80 Å². The number of amides is 1. The third-order valence-electron chi connectivity index (χ3n) is 4.94. The second-order valence-electron chi connectivity index (χ2n) is 7.63. The molecule has 2 aliphatic heterocycles.